The predicted molar refractivity (Wildman–Crippen MR) is 113 cm³/mol. The minimum absolute atomic E-state index is 0. The van der Waals surface area contributed by atoms with E-state index in [0.29, 0.717) is 24.1 Å². The van der Waals surface area contributed by atoms with Crippen LogP contribution in [0, 0.1) is 12.3 Å². The number of halogens is 1. The Morgan fingerprint density at radius 3 is 2.72 bits per heavy atom. The van der Waals surface area contributed by atoms with Crippen molar-refractivity contribution < 1.29 is 9.47 Å². The summed E-state index contributed by atoms with van der Waals surface area (Å²) in [6.45, 7) is 3.64. The summed E-state index contributed by atoms with van der Waals surface area (Å²) >= 11 is 0. The van der Waals surface area contributed by atoms with Gasteiger partial charge in [0.05, 0.1) is 13.7 Å². The second-order valence-electron chi connectivity index (χ2n) is 5.46. The van der Waals surface area contributed by atoms with Gasteiger partial charge in [0, 0.05) is 12.6 Å². The molecule has 136 valence electrons. The van der Waals surface area contributed by atoms with Crippen LogP contribution in [0.4, 0.5) is 0 Å². The van der Waals surface area contributed by atoms with Crippen molar-refractivity contribution in [3.63, 3.8) is 0 Å². The molecular formula is C19H26IN3O2. The van der Waals surface area contributed by atoms with Gasteiger partial charge in [-0.3, -0.25) is 0 Å². The molecule has 2 rings (SSSR count). The molecule has 0 aliphatic heterocycles. The molecule has 25 heavy (non-hydrogen) atoms. The number of benzene rings is 1. The maximum Gasteiger partial charge on any atom is 0.191 e. The lowest BCUT2D eigenvalue weighted by Gasteiger charge is -2.17. The van der Waals surface area contributed by atoms with Gasteiger partial charge in [-0.1, -0.05) is 24.1 Å². The largest absolute Gasteiger partial charge is 0.493 e. The fraction of sp³-hybridized carbons (Fsp3) is 0.421. The highest BCUT2D eigenvalue weighted by molar-refractivity contribution is 14.0. The zero-order chi connectivity index (χ0) is 17.2. The van der Waals surface area contributed by atoms with Crippen LogP contribution in [0.3, 0.4) is 0 Å². The molecule has 0 bridgehead atoms. The minimum atomic E-state index is 0. The number of rotatable bonds is 7. The topological polar surface area (TPSA) is 54.9 Å². The van der Waals surface area contributed by atoms with Gasteiger partial charge in [-0.05, 0) is 37.5 Å². The summed E-state index contributed by atoms with van der Waals surface area (Å²) in [6, 6.07) is 6.19. The number of nitrogens with zero attached hydrogens (tertiary/aromatic N) is 1. The van der Waals surface area contributed by atoms with Crippen molar-refractivity contribution in [3.8, 4) is 23.8 Å². The van der Waals surface area contributed by atoms with Crippen molar-refractivity contribution in [3.05, 3.63) is 35.9 Å². The van der Waals surface area contributed by atoms with E-state index in [1.165, 1.54) is 0 Å². The first kappa shape index (κ1) is 21.2. The van der Waals surface area contributed by atoms with Gasteiger partial charge in [0.1, 0.15) is 6.61 Å². The van der Waals surface area contributed by atoms with E-state index in [1.54, 1.807) is 7.11 Å². The molecule has 0 unspecified atom stereocenters. The average molecular weight is 455 g/mol. The van der Waals surface area contributed by atoms with E-state index >= 15 is 0 Å². The molecule has 0 saturated heterocycles. The van der Waals surface area contributed by atoms with Crippen LogP contribution in [0.5, 0.6) is 11.5 Å². The van der Waals surface area contributed by atoms with Crippen LogP contribution in [-0.4, -0.2) is 32.3 Å². The van der Waals surface area contributed by atoms with Crippen LogP contribution in [0.2, 0.25) is 0 Å². The smallest absolute Gasteiger partial charge is 0.191 e. The highest BCUT2D eigenvalue weighted by atomic mass is 127. The van der Waals surface area contributed by atoms with Crippen molar-refractivity contribution in [1.82, 2.24) is 10.6 Å². The van der Waals surface area contributed by atoms with Gasteiger partial charge in [-0.15, -0.1) is 30.4 Å². The Morgan fingerprint density at radius 2 is 2.08 bits per heavy atom. The Balaban J connectivity index is 0.00000312. The van der Waals surface area contributed by atoms with Gasteiger partial charge >= 0.3 is 0 Å². The third-order valence-corrected chi connectivity index (χ3v) is 3.65. The molecule has 0 heterocycles. The molecular weight excluding hydrogens is 429 g/mol. The van der Waals surface area contributed by atoms with Crippen molar-refractivity contribution in [2.75, 3.05) is 20.3 Å². The third-order valence-electron chi connectivity index (χ3n) is 3.65. The van der Waals surface area contributed by atoms with Crippen LogP contribution in [0.15, 0.2) is 35.3 Å². The van der Waals surface area contributed by atoms with Gasteiger partial charge in [-0.2, -0.15) is 0 Å². The predicted octanol–water partition coefficient (Wildman–Crippen LogP) is 3.10. The fourth-order valence-electron chi connectivity index (χ4n) is 2.47. The number of hydrogen-bond acceptors (Lipinski definition) is 3. The normalized spacial score (nSPS) is 13.7. The lowest BCUT2D eigenvalue weighted by atomic mass is 10.2. The summed E-state index contributed by atoms with van der Waals surface area (Å²) in [5, 5.41) is 6.73. The zero-order valence-electron chi connectivity index (χ0n) is 14.7. The fourth-order valence-corrected chi connectivity index (χ4v) is 2.47. The van der Waals surface area contributed by atoms with Crippen LogP contribution in [-0.2, 0) is 6.54 Å². The van der Waals surface area contributed by atoms with E-state index in [-0.39, 0.29) is 30.6 Å². The molecule has 0 radical (unpaired) electrons. The van der Waals surface area contributed by atoms with Gasteiger partial charge in [0.2, 0.25) is 0 Å². The number of aliphatic imine (C=N–C) groups is 1. The summed E-state index contributed by atoms with van der Waals surface area (Å²) in [7, 11) is 1.61. The summed E-state index contributed by atoms with van der Waals surface area (Å²) in [5.74, 6) is 4.60. The Bertz CT molecular complexity index is 630. The average Bonchev–Trinajstić information content (AvgIpc) is 3.11. The van der Waals surface area contributed by atoms with Gasteiger partial charge in [-0.25, -0.2) is 4.99 Å². The molecule has 5 nitrogen and oxygen atoms in total. The third kappa shape index (κ3) is 6.86. The summed E-state index contributed by atoms with van der Waals surface area (Å²) in [6.07, 6.45) is 11.7. The molecule has 1 aliphatic rings. The molecule has 0 saturated carbocycles. The number of guanidine groups is 1. The zero-order valence-corrected chi connectivity index (χ0v) is 17.1. The number of ether oxygens (including phenoxy) is 2. The van der Waals surface area contributed by atoms with Crippen molar-refractivity contribution in [1.29, 1.82) is 0 Å². The highest BCUT2D eigenvalue weighted by Gasteiger charge is 2.11. The van der Waals surface area contributed by atoms with Gasteiger partial charge in [0.15, 0.2) is 17.5 Å². The molecule has 0 amide bonds. The van der Waals surface area contributed by atoms with Crippen molar-refractivity contribution in [2.24, 2.45) is 4.99 Å². The molecule has 1 aliphatic carbocycles. The minimum Gasteiger partial charge on any atom is -0.493 e. The molecule has 1 aromatic rings. The second-order valence-corrected chi connectivity index (χ2v) is 5.46. The number of terminal acetylenes is 1. The van der Waals surface area contributed by atoms with Gasteiger partial charge < -0.3 is 20.1 Å². The number of methoxy groups -OCH3 is 1. The quantitative estimate of drug-likeness (QED) is 0.218. The Kier molecular flexibility index (Phi) is 9.85. The lowest BCUT2D eigenvalue weighted by molar-refractivity contribution is 0.330. The standard InChI is InChI=1S/C19H25N3O2.HI/c1-4-12-24-18-13-15(10-11-17(18)23-3)14-21-19(20-5-2)22-16-8-6-7-9-16;/h1,6-7,10-11,13,16H,5,8-9,12,14H2,2-3H3,(H2,20,21,22);1H. The molecule has 1 aromatic carbocycles. The summed E-state index contributed by atoms with van der Waals surface area (Å²) < 4.78 is 10.8. The Labute approximate surface area is 167 Å². The number of nitrogens with one attached hydrogen (secondary N) is 2. The van der Waals surface area contributed by atoms with Crippen LogP contribution in [0.25, 0.3) is 0 Å². The second kappa shape index (κ2) is 11.6. The highest BCUT2D eigenvalue weighted by Crippen LogP contribution is 2.28. The first-order chi connectivity index (χ1) is 11.8. The molecule has 6 heteroatoms. The monoisotopic (exact) mass is 455 g/mol. The Hall–Kier alpha value is -1.88. The molecule has 0 atom stereocenters. The maximum atomic E-state index is 5.53. The first-order valence-corrected chi connectivity index (χ1v) is 8.19. The van der Waals surface area contributed by atoms with E-state index in [0.717, 1.165) is 30.9 Å². The molecule has 0 aromatic heterocycles. The summed E-state index contributed by atoms with van der Waals surface area (Å²) in [5.41, 5.74) is 1.03. The number of hydrogen-bond donors (Lipinski definition) is 2. The molecule has 0 fully saturated rings. The maximum absolute atomic E-state index is 5.53. The molecule has 0 spiro atoms. The Morgan fingerprint density at radius 1 is 1.32 bits per heavy atom. The van der Waals surface area contributed by atoms with Crippen molar-refractivity contribution in [2.45, 2.75) is 32.4 Å². The van der Waals surface area contributed by atoms with Gasteiger partial charge in [0.25, 0.3) is 0 Å². The van der Waals surface area contributed by atoms with E-state index < -0.39 is 0 Å². The SMILES string of the molecule is C#CCOc1cc(CN=C(NCC)NC2CC=CC2)ccc1OC.I. The molecule has 2 N–H and O–H groups in total. The van der Waals surface area contributed by atoms with Crippen LogP contribution >= 0.6 is 24.0 Å². The van der Waals surface area contributed by atoms with E-state index in [4.69, 9.17) is 15.9 Å². The van der Waals surface area contributed by atoms with Crippen LogP contribution in [0.1, 0.15) is 25.3 Å². The first-order valence-electron chi connectivity index (χ1n) is 8.19. The lowest BCUT2D eigenvalue weighted by Crippen LogP contribution is -2.42. The van der Waals surface area contributed by atoms with E-state index in [9.17, 15) is 0 Å². The van der Waals surface area contributed by atoms with Crippen molar-refractivity contribution >= 4 is 29.9 Å². The van der Waals surface area contributed by atoms with Crippen LogP contribution < -0.4 is 20.1 Å². The van der Waals surface area contributed by atoms with E-state index in [1.807, 2.05) is 18.2 Å². The summed E-state index contributed by atoms with van der Waals surface area (Å²) in [4.78, 5) is 4.65. The van der Waals surface area contributed by atoms with E-state index in [2.05, 4.69) is 40.6 Å².